The summed E-state index contributed by atoms with van der Waals surface area (Å²) >= 11 is 0. The average Bonchev–Trinajstić information content (AvgIpc) is 3.93. The molecule has 2 fully saturated rings. The van der Waals surface area contributed by atoms with Crippen LogP contribution in [-0.4, -0.2) is 23.4 Å². The van der Waals surface area contributed by atoms with Gasteiger partial charge in [-0.15, -0.1) is 5.12 Å². The first-order valence-electron chi connectivity index (χ1n) is 21.7. The molecule has 60 heavy (non-hydrogen) atoms. The van der Waals surface area contributed by atoms with Crippen LogP contribution in [-0.2, 0) is 14.4 Å². The van der Waals surface area contributed by atoms with Gasteiger partial charge < -0.3 is 20.2 Å². The highest BCUT2D eigenvalue weighted by Crippen LogP contribution is 2.30. The van der Waals surface area contributed by atoms with Gasteiger partial charge in [-0.05, 0) is 125 Å². The fraction of sp³-hybridized carbons (Fsp3) is 0.423. The molecule has 322 valence electrons. The zero-order chi connectivity index (χ0) is 43.9. The Labute approximate surface area is 359 Å². The van der Waals surface area contributed by atoms with Crippen LogP contribution in [0.3, 0.4) is 0 Å². The van der Waals surface area contributed by atoms with E-state index < -0.39 is 5.91 Å². The van der Waals surface area contributed by atoms with Gasteiger partial charge in [0.05, 0.1) is 5.69 Å². The first kappa shape index (κ1) is 49.0. The number of ketones is 2. The lowest BCUT2D eigenvalue weighted by molar-refractivity contribution is -0.118. The molecular formula is C52H68FN3O4. The van der Waals surface area contributed by atoms with E-state index in [1.165, 1.54) is 71.1 Å². The van der Waals surface area contributed by atoms with Crippen molar-refractivity contribution in [1.82, 2.24) is 0 Å². The van der Waals surface area contributed by atoms with Crippen LogP contribution < -0.4 is 15.8 Å². The highest BCUT2D eigenvalue weighted by Gasteiger charge is 2.18. The second kappa shape index (κ2) is 26.7. The summed E-state index contributed by atoms with van der Waals surface area (Å²) in [6.07, 6.45) is 17.8. The van der Waals surface area contributed by atoms with E-state index in [-0.39, 0.29) is 16.7 Å². The molecule has 0 bridgehead atoms. The molecule has 2 amide bonds. The van der Waals surface area contributed by atoms with Crippen molar-refractivity contribution < 1.29 is 23.7 Å². The van der Waals surface area contributed by atoms with Crippen LogP contribution in [0.5, 0.6) is 0 Å². The number of hydrogen-bond donors (Lipinski definition) is 2. The number of halogens is 1. The van der Waals surface area contributed by atoms with E-state index in [1.54, 1.807) is 56.3 Å². The molecule has 4 aromatic rings. The number of Topliss-reactive ketones (excluding diaryl/α,β-unsaturated/α-hetero) is 2. The third kappa shape index (κ3) is 19.6. The maximum atomic E-state index is 14.0. The molecule has 4 aromatic carbocycles. The third-order valence-electron chi connectivity index (χ3n) is 10.7. The lowest BCUT2D eigenvalue weighted by atomic mass is 10.00. The molecule has 0 unspecified atom stereocenters. The zero-order valence-corrected chi connectivity index (χ0v) is 37.0. The molecule has 0 aliphatic heterocycles. The molecule has 7 nitrogen and oxygen atoms in total. The highest BCUT2D eigenvalue weighted by molar-refractivity contribution is 6.04. The SMILES string of the molecule is C=C(Nc1ccccc1)c1cc(C)cc(NC(C)=O)c1.CC(=O)CCCC1CCCC1.CC(=O)CCCC1CCCC1.Cc1cc(C)cc(C(=O)N(F)c2ccccc2)c1. The second-order valence-corrected chi connectivity index (χ2v) is 16.5. The van der Waals surface area contributed by atoms with E-state index in [1.807, 2.05) is 75.4 Å². The molecule has 0 aromatic heterocycles. The van der Waals surface area contributed by atoms with E-state index in [4.69, 9.17) is 0 Å². The van der Waals surface area contributed by atoms with E-state index in [9.17, 15) is 23.7 Å². The molecule has 6 rings (SSSR count). The van der Waals surface area contributed by atoms with Crippen LogP contribution in [0.2, 0.25) is 0 Å². The van der Waals surface area contributed by atoms with Crippen LogP contribution in [0.25, 0.3) is 5.70 Å². The van der Waals surface area contributed by atoms with Gasteiger partial charge in [0.2, 0.25) is 5.91 Å². The second-order valence-electron chi connectivity index (χ2n) is 16.5. The lowest BCUT2D eigenvalue weighted by Crippen LogP contribution is -2.22. The normalized spacial score (nSPS) is 13.3. The summed E-state index contributed by atoms with van der Waals surface area (Å²) in [5, 5.41) is 6.23. The maximum absolute atomic E-state index is 14.0. The topological polar surface area (TPSA) is 95.6 Å². The van der Waals surface area contributed by atoms with Crippen LogP contribution in [0.15, 0.2) is 104 Å². The summed E-state index contributed by atoms with van der Waals surface area (Å²) in [5.41, 5.74) is 7.08. The number of carbonyl (C=O) groups excluding carboxylic acids is 4. The van der Waals surface area contributed by atoms with Gasteiger partial charge in [-0.1, -0.05) is 129 Å². The Morgan fingerprint density at radius 2 is 1.05 bits per heavy atom. The molecule has 0 heterocycles. The summed E-state index contributed by atoms with van der Waals surface area (Å²) < 4.78 is 14.0. The van der Waals surface area contributed by atoms with Crippen LogP contribution in [0, 0.1) is 32.6 Å². The molecule has 2 aliphatic rings. The van der Waals surface area contributed by atoms with Crippen molar-refractivity contribution in [1.29, 1.82) is 0 Å². The largest absolute Gasteiger partial charge is 0.356 e. The minimum absolute atomic E-state index is 0.0804. The number of nitrogens with one attached hydrogen (secondary N) is 2. The van der Waals surface area contributed by atoms with Crippen molar-refractivity contribution in [2.24, 2.45) is 11.8 Å². The minimum Gasteiger partial charge on any atom is -0.356 e. The molecule has 2 N–H and O–H groups in total. The Morgan fingerprint density at radius 3 is 1.52 bits per heavy atom. The molecule has 0 saturated heterocycles. The fourth-order valence-electron chi connectivity index (χ4n) is 7.77. The first-order chi connectivity index (χ1) is 28.7. The number of rotatable bonds is 14. The van der Waals surface area contributed by atoms with Gasteiger partial charge in [0.15, 0.2) is 0 Å². The van der Waals surface area contributed by atoms with Gasteiger partial charge in [0.1, 0.15) is 11.6 Å². The number of benzene rings is 4. The van der Waals surface area contributed by atoms with Gasteiger partial charge in [-0.25, -0.2) is 0 Å². The predicted molar refractivity (Wildman–Crippen MR) is 248 cm³/mol. The number of anilines is 3. The number of aryl methyl sites for hydroxylation is 3. The molecule has 8 heteroatoms. The molecule has 2 aliphatic carbocycles. The lowest BCUT2D eigenvalue weighted by Gasteiger charge is -2.12. The van der Waals surface area contributed by atoms with Gasteiger partial charge in [-0.2, -0.15) is 0 Å². The molecule has 2 saturated carbocycles. The minimum atomic E-state index is -0.645. The van der Waals surface area contributed by atoms with Gasteiger partial charge >= 0.3 is 0 Å². The van der Waals surface area contributed by atoms with Gasteiger partial charge in [0.25, 0.3) is 5.91 Å². The molecule has 0 spiro atoms. The highest BCUT2D eigenvalue weighted by atomic mass is 19.2. The van der Waals surface area contributed by atoms with Gasteiger partial charge in [0, 0.05) is 42.4 Å². The monoisotopic (exact) mass is 818 g/mol. The Hall–Kier alpha value is -5.37. The van der Waals surface area contributed by atoms with Crippen molar-refractivity contribution in [3.63, 3.8) is 0 Å². The third-order valence-corrected chi connectivity index (χ3v) is 10.7. The summed E-state index contributed by atoms with van der Waals surface area (Å²) in [5.74, 6) is 1.88. The smallest absolute Gasteiger partial charge is 0.286 e. The van der Waals surface area contributed by atoms with Crippen molar-refractivity contribution in [2.75, 3.05) is 15.8 Å². The number of para-hydroxylation sites is 2. The Kier molecular flexibility index (Phi) is 21.8. The number of nitrogens with zero attached hydrogens (tertiary/aromatic N) is 1. The van der Waals surface area contributed by atoms with Crippen molar-refractivity contribution in [3.8, 4) is 0 Å². The predicted octanol–water partition coefficient (Wildman–Crippen LogP) is 13.7. The van der Waals surface area contributed by atoms with Crippen molar-refractivity contribution >= 4 is 46.1 Å². The quantitative estimate of drug-likeness (QED) is 0.124. The van der Waals surface area contributed by atoms with Crippen LogP contribution >= 0.6 is 0 Å². The van der Waals surface area contributed by atoms with Crippen molar-refractivity contribution in [2.45, 2.75) is 131 Å². The zero-order valence-electron chi connectivity index (χ0n) is 37.0. The molecule has 0 atom stereocenters. The fourth-order valence-corrected chi connectivity index (χ4v) is 7.77. The van der Waals surface area contributed by atoms with Crippen LogP contribution in [0.4, 0.5) is 21.5 Å². The average molecular weight is 818 g/mol. The van der Waals surface area contributed by atoms with Crippen LogP contribution in [0.1, 0.15) is 143 Å². The summed E-state index contributed by atoms with van der Waals surface area (Å²) in [4.78, 5) is 44.4. The number of carbonyl (C=O) groups is 4. The molecule has 0 radical (unpaired) electrons. The molecular weight excluding hydrogens is 750 g/mol. The van der Waals surface area contributed by atoms with E-state index in [2.05, 4.69) is 17.2 Å². The van der Waals surface area contributed by atoms with Gasteiger partial charge in [-0.3, -0.25) is 9.59 Å². The summed E-state index contributed by atoms with van der Waals surface area (Å²) in [6, 6.07) is 29.3. The number of amides is 2. The standard InChI is InChI=1S/C17H18N2O.C15H14FNO.2C10H18O/c1-12-9-15(11-17(10-12)19-14(3)20)13(2)18-16-7-5-4-6-8-16;1-11-8-12(2)10-13(9-11)15(18)17(16)14-6-4-3-5-7-14;2*1-9(11)5-4-8-10-6-2-3-7-10/h4-11,18H,2H2,1,3H3,(H,19,20);3-10H,1-2H3;2*10H,2-8H2,1H3. The first-order valence-corrected chi connectivity index (χ1v) is 21.7. The number of hydrogen-bond acceptors (Lipinski definition) is 5. The van der Waals surface area contributed by atoms with E-state index in [0.717, 1.165) is 76.8 Å². The Balaban J connectivity index is 0.000000221. The van der Waals surface area contributed by atoms with E-state index in [0.29, 0.717) is 17.1 Å². The maximum Gasteiger partial charge on any atom is 0.286 e. The van der Waals surface area contributed by atoms with E-state index >= 15 is 0 Å². The summed E-state index contributed by atoms with van der Waals surface area (Å²) in [6.45, 7) is 14.7. The Morgan fingerprint density at radius 1 is 0.600 bits per heavy atom. The Bertz CT molecular complexity index is 1900. The summed E-state index contributed by atoms with van der Waals surface area (Å²) in [7, 11) is 0. The van der Waals surface area contributed by atoms with Crippen molar-refractivity contribution in [3.05, 3.63) is 131 Å².